The predicted octanol–water partition coefficient (Wildman–Crippen LogP) is 1.27. The number of anilines is 2. The van der Waals surface area contributed by atoms with E-state index in [9.17, 15) is 14.9 Å². The Bertz CT molecular complexity index is 546. The van der Waals surface area contributed by atoms with E-state index in [1.165, 1.54) is 12.1 Å². The number of carbonyl (C=O) groups excluding carboxylic acids is 1. The van der Waals surface area contributed by atoms with Gasteiger partial charge in [-0.3, -0.25) is 14.9 Å². The van der Waals surface area contributed by atoms with Crippen molar-refractivity contribution in [1.82, 2.24) is 0 Å². The smallest absolute Gasteiger partial charge is 0.271 e. The highest BCUT2D eigenvalue weighted by molar-refractivity contribution is 5.79. The second kappa shape index (κ2) is 5.36. The van der Waals surface area contributed by atoms with Crippen LogP contribution in [0, 0.1) is 16.0 Å². The molecule has 0 saturated carbocycles. The number of nitro groups is 1. The maximum atomic E-state index is 11.3. The second-order valence-electron chi connectivity index (χ2n) is 5.18. The number of nitro benzene ring substituents is 1. The van der Waals surface area contributed by atoms with Crippen molar-refractivity contribution in [3.8, 4) is 0 Å². The Balaban J connectivity index is 2.29. The summed E-state index contributed by atoms with van der Waals surface area (Å²) in [5.41, 5.74) is 12.3. The monoisotopic (exact) mass is 278 g/mol. The first-order valence-electron chi connectivity index (χ1n) is 6.50. The molecule has 7 nitrogen and oxygen atoms in total. The van der Waals surface area contributed by atoms with Gasteiger partial charge >= 0.3 is 0 Å². The van der Waals surface area contributed by atoms with Crippen LogP contribution in [-0.2, 0) is 4.79 Å². The van der Waals surface area contributed by atoms with Gasteiger partial charge in [0.05, 0.1) is 22.2 Å². The van der Waals surface area contributed by atoms with Crippen molar-refractivity contribution in [2.75, 3.05) is 17.2 Å². The van der Waals surface area contributed by atoms with Crippen LogP contribution in [-0.4, -0.2) is 23.4 Å². The lowest BCUT2D eigenvalue weighted by atomic mass is 9.92. The molecule has 1 aliphatic rings. The number of rotatable bonds is 3. The number of hydrogen-bond acceptors (Lipinski definition) is 5. The molecule has 4 N–H and O–H groups in total. The topological polar surface area (TPSA) is 115 Å². The Hall–Kier alpha value is -2.31. The van der Waals surface area contributed by atoms with E-state index in [2.05, 4.69) is 0 Å². The first kappa shape index (κ1) is 14.1. The number of nitrogens with two attached hydrogens (primary N) is 2. The SMILES string of the molecule is CC1CCC(C(N)=O)CN1c1ccc([N+](=O)[O-])cc1N. The maximum absolute atomic E-state index is 11.3. The van der Waals surface area contributed by atoms with Crippen molar-refractivity contribution in [3.63, 3.8) is 0 Å². The fourth-order valence-electron chi connectivity index (χ4n) is 2.59. The fraction of sp³-hybridized carbons (Fsp3) is 0.462. The van der Waals surface area contributed by atoms with Crippen LogP contribution >= 0.6 is 0 Å². The van der Waals surface area contributed by atoms with E-state index in [-0.39, 0.29) is 23.6 Å². The molecular formula is C13H18N4O3. The zero-order valence-electron chi connectivity index (χ0n) is 11.3. The van der Waals surface area contributed by atoms with Crippen molar-refractivity contribution < 1.29 is 9.72 Å². The summed E-state index contributed by atoms with van der Waals surface area (Å²) in [4.78, 5) is 23.6. The molecule has 0 aliphatic carbocycles. The molecule has 0 aromatic heterocycles. The van der Waals surface area contributed by atoms with E-state index < -0.39 is 4.92 Å². The number of nitrogen functional groups attached to an aromatic ring is 1. The van der Waals surface area contributed by atoms with Gasteiger partial charge in [0.1, 0.15) is 0 Å². The highest BCUT2D eigenvalue weighted by atomic mass is 16.6. The minimum atomic E-state index is -0.480. The van der Waals surface area contributed by atoms with Gasteiger partial charge in [0.15, 0.2) is 0 Å². The third-order valence-corrected chi connectivity index (χ3v) is 3.82. The van der Waals surface area contributed by atoms with E-state index in [1.54, 1.807) is 6.07 Å². The van der Waals surface area contributed by atoms with Crippen LogP contribution in [0.15, 0.2) is 18.2 Å². The van der Waals surface area contributed by atoms with Gasteiger partial charge in [-0.2, -0.15) is 0 Å². The van der Waals surface area contributed by atoms with Gasteiger partial charge in [-0.1, -0.05) is 0 Å². The van der Waals surface area contributed by atoms with Crippen LogP contribution in [0.3, 0.4) is 0 Å². The minimum absolute atomic E-state index is 0.0395. The number of amides is 1. The number of primary amides is 1. The summed E-state index contributed by atoms with van der Waals surface area (Å²) in [6.07, 6.45) is 1.60. The van der Waals surface area contributed by atoms with Gasteiger partial charge in [-0.05, 0) is 25.8 Å². The van der Waals surface area contributed by atoms with Gasteiger partial charge < -0.3 is 16.4 Å². The van der Waals surface area contributed by atoms with E-state index in [0.717, 1.165) is 12.8 Å². The molecule has 1 fully saturated rings. The maximum Gasteiger partial charge on any atom is 0.271 e. The van der Waals surface area contributed by atoms with Crippen LogP contribution in [0.1, 0.15) is 19.8 Å². The number of carbonyl (C=O) groups is 1. The summed E-state index contributed by atoms with van der Waals surface area (Å²) in [7, 11) is 0. The lowest BCUT2D eigenvalue weighted by molar-refractivity contribution is -0.384. The van der Waals surface area contributed by atoms with Crippen molar-refractivity contribution in [2.24, 2.45) is 11.7 Å². The molecule has 1 amide bonds. The molecular weight excluding hydrogens is 260 g/mol. The molecule has 7 heteroatoms. The molecule has 108 valence electrons. The molecule has 1 aliphatic heterocycles. The van der Waals surface area contributed by atoms with Gasteiger partial charge in [0.2, 0.25) is 5.91 Å². The Labute approximate surface area is 116 Å². The van der Waals surface area contributed by atoms with Crippen molar-refractivity contribution >= 4 is 23.0 Å². The van der Waals surface area contributed by atoms with Gasteiger partial charge in [0, 0.05) is 24.7 Å². The summed E-state index contributed by atoms with van der Waals surface area (Å²) in [6, 6.07) is 4.62. The largest absolute Gasteiger partial charge is 0.397 e. The third-order valence-electron chi connectivity index (χ3n) is 3.82. The molecule has 1 heterocycles. The van der Waals surface area contributed by atoms with Crippen molar-refractivity contribution in [3.05, 3.63) is 28.3 Å². The van der Waals surface area contributed by atoms with Crippen molar-refractivity contribution in [1.29, 1.82) is 0 Å². The summed E-state index contributed by atoms with van der Waals surface area (Å²) in [5, 5.41) is 10.7. The predicted molar refractivity (Wildman–Crippen MR) is 76.2 cm³/mol. The molecule has 2 atom stereocenters. The second-order valence-corrected chi connectivity index (χ2v) is 5.18. The Morgan fingerprint density at radius 1 is 1.45 bits per heavy atom. The van der Waals surface area contributed by atoms with E-state index in [0.29, 0.717) is 17.9 Å². The molecule has 1 aromatic carbocycles. The number of nitrogens with zero attached hydrogens (tertiary/aromatic N) is 2. The first-order chi connectivity index (χ1) is 9.40. The number of hydrogen-bond donors (Lipinski definition) is 2. The summed E-state index contributed by atoms with van der Waals surface area (Å²) in [5.74, 6) is -0.525. The van der Waals surface area contributed by atoms with Crippen LogP contribution < -0.4 is 16.4 Å². The average Bonchev–Trinajstić information content (AvgIpc) is 2.39. The molecule has 20 heavy (non-hydrogen) atoms. The Kier molecular flexibility index (Phi) is 3.78. The van der Waals surface area contributed by atoms with E-state index in [1.807, 2.05) is 11.8 Å². The van der Waals surface area contributed by atoms with E-state index >= 15 is 0 Å². The molecule has 2 unspecified atom stereocenters. The lowest BCUT2D eigenvalue weighted by Crippen LogP contribution is -2.46. The summed E-state index contributed by atoms with van der Waals surface area (Å²) in [6.45, 7) is 2.54. The quantitative estimate of drug-likeness (QED) is 0.490. The molecule has 0 radical (unpaired) electrons. The zero-order chi connectivity index (χ0) is 14.9. The van der Waals surface area contributed by atoms with Gasteiger partial charge in [0.25, 0.3) is 5.69 Å². The normalized spacial score (nSPS) is 22.6. The van der Waals surface area contributed by atoms with Crippen LogP contribution in [0.25, 0.3) is 0 Å². The Morgan fingerprint density at radius 2 is 2.15 bits per heavy atom. The lowest BCUT2D eigenvalue weighted by Gasteiger charge is -2.39. The van der Waals surface area contributed by atoms with Gasteiger partial charge in [-0.25, -0.2) is 0 Å². The molecule has 2 rings (SSSR count). The number of non-ortho nitro benzene ring substituents is 1. The average molecular weight is 278 g/mol. The minimum Gasteiger partial charge on any atom is -0.397 e. The number of piperidine rings is 1. The van der Waals surface area contributed by atoms with Crippen LogP contribution in [0.4, 0.5) is 17.1 Å². The van der Waals surface area contributed by atoms with Crippen molar-refractivity contribution in [2.45, 2.75) is 25.8 Å². The van der Waals surface area contributed by atoms with Crippen LogP contribution in [0.5, 0.6) is 0 Å². The highest BCUT2D eigenvalue weighted by Crippen LogP contribution is 2.33. The fourth-order valence-corrected chi connectivity index (χ4v) is 2.59. The highest BCUT2D eigenvalue weighted by Gasteiger charge is 2.30. The summed E-state index contributed by atoms with van der Waals surface area (Å²) >= 11 is 0. The van der Waals surface area contributed by atoms with Crippen LogP contribution in [0.2, 0.25) is 0 Å². The standard InChI is InChI=1S/C13H18N4O3/c1-8-2-3-9(13(15)18)7-16(8)12-5-4-10(17(19)20)6-11(12)14/h4-6,8-9H,2-3,7,14H2,1H3,(H2,15,18). The molecule has 0 bridgehead atoms. The first-order valence-corrected chi connectivity index (χ1v) is 6.50. The molecule has 1 aromatic rings. The summed E-state index contributed by atoms with van der Waals surface area (Å²) < 4.78 is 0. The Morgan fingerprint density at radius 3 is 2.70 bits per heavy atom. The van der Waals surface area contributed by atoms with E-state index in [4.69, 9.17) is 11.5 Å². The molecule has 0 spiro atoms. The third kappa shape index (κ3) is 2.66. The molecule has 1 saturated heterocycles. The van der Waals surface area contributed by atoms with Gasteiger partial charge in [-0.15, -0.1) is 0 Å². The number of benzene rings is 1. The zero-order valence-corrected chi connectivity index (χ0v) is 11.3.